The molecule has 0 spiro atoms. The van der Waals surface area contributed by atoms with Gasteiger partial charge < -0.3 is 0 Å². The quantitative estimate of drug-likeness (QED) is 0.856. The smallest absolute Gasteiger partial charge is 0.236 e. The molecule has 0 saturated heterocycles. The van der Waals surface area contributed by atoms with E-state index in [9.17, 15) is 4.79 Å². The molecule has 0 saturated carbocycles. The van der Waals surface area contributed by atoms with Crippen LogP contribution >= 0.6 is 0 Å². The molecule has 0 aliphatic carbocycles. The molecule has 0 N–H and O–H groups in total. The van der Waals surface area contributed by atoms with Gasteiger partial charge in [0.15, 0.2) is 0 Å². The first kappa shape index (κ1) is 14.4. The lowest BCUT2D eigenvalue weighted by atomic mass is 9.89. The zero-order chi connectivity index (χ0) is 14.7. The molecule has 2 heterocycles. The Morgan fingerprint density at radius 2 is 1.70 bits per heavy atom. The van der Waals surface area contributed by atoms with E-state index >= 15 is 0 Å². The SMILES string of the molecule is CC(C)c1cncc(C(C)C)c1CC(=O)n1ccnc1. The molecular formula is C16H21N3O. The van der Waals surface area contributed by atoms with Crippen LogP contribution in [-0.2, 0) is 6.42 Å². The average Bonchev–Trinajstić information content (AvgIpc) is 2.92. The molecule has 0 radical (unpaired) electrons. The van der Waals surface area contributed by atoms with Crippen LogP contribution in [0.5, 0.6) is 0 Å². The lowest BCUT2D eigenvalue weighted by Gasteiger charge is -2.18. The maximum Gasteiger partial charge on any atom is 0.236 e. The monoisotopic (exact) mass is 271 g/mol. The standard InChI is InChI=1S/C16H21N3O/c1-11(2)14-8-18-9-15(12(3)4)13(14)7-16(20)19-6-5-17-10-19/h5-6,8-12H,7H2,1-4H3. The highest BCUT2D eigenvalue weighted by Gasteiger charge is 2.17. The summed E-state index contributed by atoms with van der Waals surface area (Å²) in [6.07, 6.45) is 9.01. The molecule has 2 aromatic heterocycles. The van der Waals surface area contributed by atoms with Crippen molar-refractivity contribution in [3.05, 3.63) is 47.8 Å². The molecule has 4 nitrogen and oxygen atoms in total. The first-order valence-electron chi connectivity index (χ1n) is 6.98. The summed E-state index contributed by atoms with van der Waals surface area (Å²) in [5.74, 6) is 0.746. The normalized spacial score (nSPS) is 11.3. The summed E-state index contributed by atoms with van der Waals surface area (Å²) in [5.41, 5.74) is 3.43. The van der Waals surface area contributed by atoms with Crippen LogP contribution in [0.1, 0.15) is 61.0 Å². The Hall–Kier alpha value is -1.97. The van der Waals surface area contributed by atoms with Crippen LogP contribution in [0.2, 0.25) is 0 Å². The van der Waals surface area contributed by atoms with E-state index in [2.05, 4.69) is 37.7 Å². The molecule has 0 atom stereocenters. The van der Waals surface area contributed by atoms with E-state index in [1.165, 1.54) is 4.57 Å². The van der Waals surface area contributed by atoms with E-state index in [1.54, 1.807) is 18.7 Å². The van der Waals surface area contributed by atoms with Gasteiger partial charge >= 0.3 is 0 Å². The summed E-state index contributed by atoms with van der Waals surface area (Å²) >= 11 is 0. The van der Waals surface area contributed by atoms with E-state index in [4.69, 9.17) is 0 Å². The summed E-state index contributed by atoms with van der Waals surface area (Å²) in [6.45, 7) is 8.53. The number of carbonyl (C=O) groups excluding carboxylic acids is 1. The van der Waals surface area contributed by atoms with Crippen molar-refractivity contribution in [1.29, 1.82) is 0 Å². The van der Waals surface area contributed by atoms with Crippen LogP contribution in [0.25, 0.3) is 0 Å². The zero-order valence-corrected chi connectivity index (χ0v) is 12.5. The minimum Gasteiger partial charge on any atom is -0.276 e. The van der Waals surface area contributed by atoms with Gasteiger partial charge in [-0.05, 0) is 28.5 Å². The minimum atomic E-state index is 0.0394. The van der Waals surface area contributed by atoms with Crippen molar-refractivity contribution in [2.24, 2.45) is 0 Å². The molecule has 0 amide bonds. The Balaban J connectivity index is 2.40. The molecule has 0 unspecified atom stereocenters. The third kappa shape index (κ3) is 2.95. The van der Waals surface area contributed by atoms with Crippen molar-refractivity contribution in [2.45, 2.75) is 46.0 Å². The van der Waals surface area contributed by atoms with Crippen molar-refractivity contribution < 1.29 is 4.79 Å². The van der Waals surface area contributed by atoms with Crippen LogP contribution in [0, 0.1) is 0 Å². The molecule has 4 heteroatoms. The number of hydrogen-bond donors (Lipinski definition) is 0. The van der Waals surface area contributed by atoms with Gasteiger partial charge in [-0.15, -0.1) is 0 Å². The van der Waals surface area contributed by atoms with Crippen LogP contribution < -0.4 is 0 Å². The van der Waals surface area contributed by atoms with E-state index in [0.717, 1.165) is 16.7 Å². The van der Waals surface area contributed by atoms with E-state index < -0.39 is 0 Å². The number of pyridine rings is 1. The van der Waals surface area contributed by atoms with Crippen LogP contribution in [0.4, 0.5) is 0 Å². The van der Waals surface area contributed by atoms with Crippen molar-refractivity contribution in [3.8, 4) is 0 Å². The van der Waals surface area contributed by atoms with E-state index in [0.29, 0.717) is 18.3 Å². The van der Waals surface area contributed by atoms with E-state index in [-0.39, 0.29) is 5.91 Å². The number of carbonyl (C=O) groups is 1. The summed E-state index contributed by atoms with van der Waals surface area (Å²) in [4.78, 5) is 20.6. The Morgan fingerprint density at radius 1 is 1.10 bits per heavy atom. The highest BCUT2D eigenvalue weighted by molar-refractivity contribution is 5.81. The minimum absolute atomic E-state index is 0.0394. The van der Waals surface area contributed by atoms with Crippen LogP contribution in [-0.4, -0.2) is 20.4 Å². The lowest BCUT2D eigenvalue weighted by Crippen LogP contribution is -2.15. The predicted octanol–water partition coefficient (Wildman–Crippen LogP) is 3.41. The highest BCUT2D eigenvalue weighted by atomic mass is 16.2. The van der Waals surface area contributed by atoms with Gasteiger partial charge in [-0.25, -0.2) is 4.98 Å². The summed E-state index contributed by atoms with van der Waals surface area (Å²) in [7, 11) is 0. The average molecular weight is 271 g/mol. The van der Waals surface area contributed by atoms with Gasteiger partial charge in [-0.3, -0.25) is 14.3 Å². The van der Waals surface area contributed by atoms with Gasteiger partial charge in [0.05, 0.1) is 6.42 Å². The third-order valence-electron chi connectivity index (χ3n) is 3.49. The summed E-state index contributed by atoms with van der Waals surface area (Å²) < 4.78 is 1.54. The number of aromatic nitrogens is 3. The first-order chi connectivity index (χ1) is 9.50. The second-order valence-corrected chi connectivity index (χ2v) is 5.65. The zero-order valence-electron chi connectivity index (χ0n) is 12.5. The molecule has 0 aliphatic rings. The number of imidazole rings is 1. The Morgan fingerprint density at radius 3 is 2.15 bits per heavy atom. The summed E-state index contributed by atoms with van der Waals surface area (Å²) in [6, 6.07) is 0. The van der Waals surface area contributed by atoms with Gasteiger partial charge in [0, 0.05) is 24.8 Å². The molecule has 0 aromatic carbocycles. The Bertz CT molecular complexity index is 560. The molecule has 0 fully saturated rings. The maximum absolute atomic E-state index is 12.3. The Labute approximate surface area is 119 Å². The lowest BCUT2D eigenvalue weighted by molar-refractivity contribution is 0.0913. The number of nitrogens with zero attached hydrogens (tertiary/aromatic N) is 3. The highest BCUT2D eigenvalue weighted by Crippen LogP contribution is 2.27. The summed E-state index contributed by atoms with van der Waals surface area (Å²) in [5, 5.41) is 0. The molecule has 106 valence electrons. The predicted molar refractivity (Wildman–Crippen MR) is 79.0 cm³/mol. The molecule has 2 rings (SSSR count). The van der Waals surface area contributed by atoms with Crippen molar-refractivity contribution in [3.63, 3.8) is 0 Å². The third-order valence-corrected chi connectivity index (χ3v) is 3.49. The molecule has 0 bridgehead atoms. The maximum atomic E-state index is 12.3. The topological polar surface area (TPSA) is 47.8 Å². The molecular weight excluding hydrogens is 250 g/mol. The van der Waals surface area contributed by atoms with Gasteiger partial charge in [-0.1, -0.05) is 27.7 Å². The molecule has 2 aromatic rings. The second-order valence-electron chi connectivity index (χ2n) is 5.65. The van der Waals surface area contributed by atoms with Gasteiger partial charge in [-0.2, -0.15) is 0 Å². The number of rotatable bonds is 4. The Kier molecular flexibility index (Phi) is 4.32. The van der Waals surface area contributed by atoms with Crippen molar-refractivity contribution in [2.75, 3.05) is 0 Å². The van der Waals surface area contributed by atoms with Crippen LogP contribution in [0.15, 0.2) is 31.1 Å². The number of hydrogen-bond acceptors (Lipinski definition) is 3. The van der Waals surface area contributed by atoms with Gasteiger partial charge in [0.2, 0.25) is 5.91 Å². The van der Waals surface area contributed by atoms with Gasteiger partial charge in [0.1, 0.15) is 6.33 Å². The fourth-order valence-electron chi connectivity index (χ4n) is 2.37. The molecule has 0 aliphatic heterocycles. The first-order valence-corrected chi connectivity index (χ1v) is 6.98. The van der Waals surface area contributed by atoms with E-state index in [1.807, 2.05) is 12.4 Å². The van der Waals surface area contributed by atoms with Crippen molar-refractivity contribution >= 4 is 5.91 Å². The van der Waals surface area contributed by atoms with Crippen molar-refractivity contribution in [1.82, 2.24) is 14.5 Å². The largest absolute Gasteiger partial charge is 0.276 e. The second kappa shape index (κ2) is 5.99. The molecule has 20 heavy (non-hydrogen) atoms. The fourth-order valence-corrected chi connectivity index (χ4v) is 2.37. The van der Waals surface area contributed by atoms with Gasteiger partial charge in [0.25, 0.3) is 0 Å². The van der Waals surface area contributed by atoms with Crippen LogP contribution in [0.3, 0.4) is 0 Å². The fraction of sp³-hybridized carbons (Fsp3) is 0.438.